The van der Waals surface area contributed by atoms with E-state index in [4.69, 9.17) is 0 Å². The predicted molar refractivity (Wildman–Crippen MR) is 191 cm³/mol. The van der Waals surface area contributed by atoms with Gasteiger partial charge in [-0.05, 0) is 32.1 Å². The van der Waals surface area contributed by atoms with Gasteiger partial charge in [0.2, 0.25) is 5.91 Å². The van der Waals surface area contributed by atoms with E-state index in [9.17, 15) is 24.6 Å². The van der Waals surface area contributed by atoms with E-state index < -0.39 is 11.9 Å². The predicted octanol–water partition coefficient (Wildman–Crippen LogP) is 9.89. The average molecular weight is 717 g/mol. The van der Waals surface area contributed by atoms with Crippen molar-refractivity contribution in [3.63, 3.8) is 0 Å². The second-order valence-corrected chi connectivity index (χ2v) is 13.6. The molecule has 0 aromatic heterocycles. The second-order valence-electron chi connectivity index (χ2n) is 13.6. The summed E-state index contributed by atoms with van der Waals surface area (Å²) < 4.78 is 0. The number of carboxylic acid groups (broad SMARTS) is 2. The molecule has 6 nitrogen and oxygen atoms in total. The van der Waals surface area contributed by atoms with Crippen molar-refractivity contribution < 1.29 is 44.1 Å². The Bertz CT molecular complexity index is 594. The van der Waals surface area contributed by atoms with Gasteiger partial charge in [-0.2, -0.15) is 0 Å². The zero-order chi connectivity index (χ0) is 34.2. The Balaban J connectivity index is -0.000000684. The van der Waals surface area contributed by atoms with Gasteiger partial charge in [-0.3, -0.25) is 4.79 Å². The van der Waals surface area contributed by atoms with E-state index >= 15 is 0 Å². The summed E-state index contributed by atoms with van der Waals surface area (Å²) in [5.41, 5.74) is 0. The SMILES string of the molecule is CCCCCCCCCCCCCCCCCC(=O)[O-].CCCCCCCCCCCCCCCCCC(=O)[O-].O=C1CCCN1.[Zn+2]. The van der Waals surface area contributed by atoms with Crippen LogP contribution in [0.5, 0.6) is 0 Å². The summed E-state index contributed by atoms with van der Waals surface area (Å²) >= 11 is 0. The Labute approximate surface area is 304 Å². The van der Waals surface area contributed by atoms with Gasteiger partial charge in [-0.1, -0.05) is 194 Å². The zero-order valence-corrected chi connectivity index (χ0v) is 34.5. The topological polar surface area (TPSA) is 109 Å². The van der Waals surface area contributed by atoms with Crippen LogP contribution in [0.1, 0.15) is 232 Å². The van der Waals surface area contributed by atoms with E-state index in [2.05, 4.69) is 19.2 Å². The van der Waals surface area contributed by atoms with Crippen molar-refractivity contribution in [1.29, 1.82) is 0 Å². The molecule has 1 heterocycles. The molecule has 1 amide bonds. The van der Waals surface area contributed by atoms with Crippen LogP contribution in [0.3, 0.4) is 0 Å². The monoisotopic (exact) mass is 716 g/mol. The Morgan fingerprint density at radius 3 is 0.851 bits per heavy atom. The minimum atomic E-state index is -0.903. The normalized spacial score (nSPS) is 11.9. The van der Waals surface area contributed by atoms with Crippen LogP contribution in [0.25, 0.3) is 0 Å². The minimum absolute atomic E-state index is 0. The smallest absolute Gasteiger partial charge is 0.550 e. The Kier molecular flexibility index (Phi) is 48.3. The van der Waals surface area contributed by atoms with Gasteiger partial charge in [0, 0.05) is 24.9 Å². The largest absolute Gasteiger partial charge is 2.00 e. The molecule has 0 atom stereocenters. The van der Waals surface area contributed by atoms with Crippen molar-refractivity contribution in [3.8, 4) is 0 Å². The number of carbonyl (C=O) groups is 3. The first kappa shape index (κ1) is 50.4. The van der Waals surface area contributed by atoms with E-state index in [-0.39, 0.29) is 38.2 Å². The molecule has 7 heteroatoms. The maximum atomic E-state index is 10.2. The van der Waals surface area contributed by atoms with E-state index in [1.54, 1.807) is 0 Å². The number of nitrogens with one attached hydrogen (secondary N) is 1. The Hall–Kier alpha value is -0.967. The van der Waals surface area contributed by atoms with Gasteiger partial charge >= 0.3 is 19.5 Å². The molecule has 0 unspecified atom stereocenters. The third-order valence-electron chi connectivity index (χ3n) is 8.87. The van der Waals surface area contributed by atoms with Crippen LogP contribution in [-0.4, -0.2) is 24.4 Å². The summed E-state index contributed by atoms with van der Waals surface area (Å²) in [7, 11) is 0. The van der Waals surface area contributed by atoms with Crippen molar-refractivity contribution in [1.82, 2.24) is 5.32 Å². The molecule has 1 aliphatic rings. The van der Waals surface area contributed by atoms with Gasteiger partial charge in [0.05, 0.1) is 0 Å². The summed E-state index contributed by atoms with van der Waals surface area (Å²) in [6, 6.07) is 0. The van der Waals surface area contributed by atoms with Crippen molar-refractivity contribution in [3.05, 3.63) is 0 Å². The minimum Gasteiger partial charge on any atom is -0.550 e. The first-order chi connectivity index (χ1) is 22.4. The van der Waals surface area contributed by atoms with Crippen LogP contribution in [0, 0.1) is 0 Å². The fraction of sp³-hybridized carbons (Fsp3) is 0.925. The molecule has 274 valence electrons. The molecule has 1 N–H and O–H groups in total. The van der Waals surface area contributed by atoms with Gasteiger partial charge in [-0.25, -0.2) is 0 Å². The number of rotatable bonds is 32. The number of carboxylic acids is 2. The van der Waals surface area contributed by atoms with Crippen molar-refractivity contribution in [2.45, 2.75) is 232 Å². The number of amides is 1. The molecular formula is C40H77NO5Zn. The number of carbonyl (C=O) groups excluding carboxylic acids is 3. The number of aliphatic carboxylic acids is 2. The van der Waals surface area contributed by atoms with Gasteiger partial charge in [0.1, 0.15) is 0 Å². The van der Waals surface area contributed by atoms with Crippen LogP contribution in [0.4, 0.5) is 0 Å². The van der Waals surface area contributed by atoms with E-state index in [1.165, 1.54) is 167 Å². The summed E-state index contributed by atoms with van der Waals surface area (Å²) in [4.78, 5) is 30.6. The number of hydrogen-bond donors (Lipinski definition) is 1. The first-order valence-electron chi connectivity index (χ1n) is 20.1. The number of hydrogen-bond acceptors (Lipinski definition) is 5. The molecule has 1 saturated heterocycles. The van der Waals surface area contributed by atoms with Gasteiger partial charge < -0.3 is 25.1 Å². The van der Waals surface area contributed by atoms with Crippen molar-refractivity contribution >= 4 is 17.8 Å². The van der Waals surface area contributed by atoms with Crippen molar-refractivity contribution in [2.75, 3.05) is 6.54 Å². The molecule has 0 saturated carbocycles. The average Bonchev–Trinajstić information content (AvgIpc) is 3.52. The van der Waals surface area contributed by atoms with E-state index in [1.807, 2.05) is 0 Å². The maximum absolute atomic E-state index is 10.2. The van der Waals surface area contributed by atoms with Crippen LogP contribution in [0.15, 0.2) is 0 Å². The molecule has 0 aliphatic carbocycles. The van der Waals surface area contributed by atoms with Crippen LogP contribution < -0.4 is 15.5 Å². The molecule has 0 radical (unpaired) electrons. The first-order valence-corrected chi connectivity index (χ1v) is 20.1. The quantitative estimate of drug-likeness (QED) is 0.0551. The molecule has 0 aromatic rings. The molecule has 1 aliphatic heterocycles. The maximum Gasteiger partial charge on any atom is 2.00 e. The fourth-order valence-electron chi connectivity index (χ4n) is 5.85. The van der Waals surface area contributed by atoms with Crippen molar-refractivity contribution in [2.24, 2.45) is 0 Å². The second kappa shape index (κ2) is 45.0. The molecule has 47 heavy (non-hydrogen) atoms. The van der Waals surface area contributed by atoms with Crippen LogP contribution in [0.2, 0.25) is 0 Å². The zero-order valence-electron chi connectivity index (χ0n) is 31.5. The van der Waals surface area contributed by atoms with E-state index in [0.29, 0.717) is 0 Å². The fourth-order valence-corrected chi connectivity index (χ4v) is 5.85. The Morgan fingerprint density at radius 2 is 0.702 bits per heavy atom. The third-order valence-corrected chi connectivity index (χ3v) is 8.87. The van der Waals surface area contributed by atoms with Gasteiger partial charge in [-0.15, -0.1) is 0 Å². The molecule has 1 rings (SSSR count). The van der Waals surface area contributed by atoms with E-state index in [0.717, 1.165) is 45.1 Å². The molecule has 0 bridgehead atoms. The third kappa shape index (κ3) is 52.0. The van der Waals surface area contributed by atoms with Crippen LogP contribution >= 0.6 is 0 Å². The number of unbranched alkanes of at least 4 members (excludes halogenated alkanes) is 28. The molecule has 1 fully saturated rings. The van der Waals surface area contributed by atoms with Crippen LogP contribution in [-0.2, 0) is 33.9 Å². The summed E-state index contributed by atoms with van der Waals surface area (Å²) in [6.07, 6.45) is 41.5. The summed E-state index contributed by atoms with van der Waals surface area (Å²) in [6.45, 7) is 5.42. The summed E-state index contributed by atoms with van der Waals surface area (Å²) in [5, 5.41) is 23.1. The van der Waals surface area contributed by atoms with Gasteiger partial charge in [0.15, 0.2) is 0 Å². The van der Waals surface area contributed by atoms with Gasteiger partial charge in [0.25, 0.3) is 0 Å². The summed E-state index contributed by atoms with van der Waals surface area (Å²) in [5.74, 6) is -1.60. The Morgan fingerprint density at radius 1 is 0.468 bits per heavy atom. The molecule has 0 spiro atoms. The standard InChI is InChI=1S/2C18H36O2.C4H7NO.Zn/c2*1-2-3-4-5-6-7-8-9-10-11-12-13-14-15-16-17-18(19)20;6-4-2-1-3-5-4;/h2*2-17H2,1H3,(H,19,20);1-3H2,(H,5,6);/q;;;+2/p-2. The molecular weight excluding hydrogens is 640 g/mol. The molecule has 0 aromatic carbocycles.